The van der Waals surface area contributed by atoms with Gasteiger partial charge in [0.25, 0.3) is 0 Å². The van der Waals surface area contributed by atoms with E-state index in [1.54, 1.807) is 6.92 Å². The minimum atomic E-state index is -0.756. The van der Waals surface area contributed by atoms with Crippen molar-refractivity contribution in [3.63, 3.8) is 0 Å². The molecule has 0 aliphatic heterocycles. The molecule has 0 aromatic carbocycles. The Morgan fingerprint density at radius 2 is 1.94 bits per heavy atom. The van der Waals surface area contributed by atoms with Crippen molar-refractivity contribution in [2.75, 3.05) is 17.6 Å². The fourth-order valence-electron chi connectivity index (χ4n) is 2.05. The first kappa shape index (κ1) is 14.7. The molecule has 1 heterocycles. The van der Waals surface area contributed by atoms with Gasteiger partial charge in [0, 0.05) is 12.1 Å². The second-order valence-electron chi connectivity index (χ2n) is 5.58. The molecule has 0 spiro atoms. The first-order chi connectivity index (χ1) is 8.21. The van der Waals surface area contributed by atoms with Crippen LogP contribution in [-0.2, 0) is 0 Å². The van der Waals surface area contributed by atoms with Crippen LogP contribution in [0.5, 0.6) is 0 Å². The summed E-state index contributed by atoms with van der Waals surface area (Å²) in [5.41, 5.74) is 5.85. The van der Waals surface area contributed by atoms with Crippen LogP contribution < -0.4 is 11.1 Å². The summed E-state index contributed by atoms with van der Waals surface area (Å²) < 4.78 is 0. The zero-order chi connectivity index (χ0) is 13.9. The van der Waals surface area contributed by atoms with E-state index < -0.39 is 5.60 Å². The predicted octanol–water partition coefficient (Wildman–Crippen LogP) is 1.88. The van der Waals surface area contributed by atoms with Crippen molar-refractivity contribution in [3.05, 3.63) is 11.4 Å². The Morgan fingerprint density at radius 1 is 1.33 bits per heavy atom. The SMILES string of the molecule is Cc1nc(N)c(C)c(NCC(C)(O)CC(C)C)n1. The van der Waals surface area contributed by atoms with Gasteiger partial charge in [0.1, 0.15) is 17.5 Å². The van der Waals surface area contributed by atoms with Gasteiger partial charge >= 0.3 is 0 Å². The number of aromatic nitrogens is 2. The third kappa shape index (κ3) is 4.14. The van der Waals surface area contributed by atoms with Crippen LogP contribution in [0.3, 0.4) is 0 Å². The maximum atomic E-state index is 10.2. The number of nitrogens with one attached hydrogen (secondary N) is 1. The number of nitrogens with zero attached hydrogens (tertiary/aromatic N) is 2. The molecule has 1 atom stereocenters. The number of aryl methyl sites for hydroxylation is 1. The monoisotopic (exact) mass is 252 g/mol. The Labute approximate surface area is 109 Å². The number of rotatable bonds is 5. The Kier molecular flexibility index (Phi) is 4.51. The highest BCUT2D eigenvalue weighted by molar-refractivity contribution is 5.54. The fourth-order valence-corrected chi connectivity index (χ4v) is 2.05. The number of aliphatic hydroxyl groups is 1. The normalized spacial score (nSPS) is 14.6. The van der Waals surface area contributed by atoms with Gasteiger partial charge in [-0.05, 0) is 33.1 Å². The average molecular weight is 252 g/mol. The number of anilines is 2. The molecular weight excluding hydrogens is 228 g/mol. The molecule has 18 heavy (non-hydrogen) atoms. The summed E-state index contributed by atoms with van der Waals surface area (Å²) in [4.78, 5) is 8.39. The molecule has 0 bridgehead atoms. The van der Waals surface area contributed by atoms with Crippen LogP contribution in [0, 0.1) is 19.8 Å². The molecule has 0 aliphatic carbocycles. The highest BCUT2D eigenvalue weighted by Crippen LogP contribution is 2.20. The molecule has 0 radical (unpaired) electrons. The lowest BCUT2D eigenvalue weighted by Crippen LogP contribution is -2.35. The molecule has 0 amide bonds. The lowest BCUT2D eigenvalue weighted by Gasteiger charge is -2.26. The first-order valence-corrected chi connectivity index (χ1v) is 6.28. The van der Waals surface area contributed by atoms with E-state index in [0.717, 1.165) is 12.0 Å². The van der Waals surface area contributed by atoms with E-state index in [-0.39, 0.29) is 0 Å². The van der Waals surface area contributed by atoms with Crippen LogP contribution in [0.2, 0.25) is 0 Å². The standard InChI is InChI=1S/C13H24N4O/c1-8(2)6-13(5,18)7-15-12-9(3)11(14)16-10(4)17-12/h8,18H,6-7H2,1-5H3,(H3,14,15,16,17). The summed E-state index contributed by atoms with van der Waals surface area (Å²) in [7, 11) is 0. The van der Waals surface area contributed by atoms with Crippen molar-refractivity contribution < 1.29 is 5.11 Å². The van der Waals surface area contributed by atoms with Crippen molar-refractivity contribution >= 4 is 11.6 Å². The summed E-state index contributed by atoms with van der Waals surface area (Å²) in [5, 5.41) is 13.4. The summed E-state index contributed by atoms with van der Waals surface area (Å²) in [6, 6.07) is 0. The number of hydrogen-bond donors (Lipinski definition) is 3. The number of nitrogen functional groups attached to an aromatic ring is 1. The highest BCUT2D eigenvalue weighted by Gasteiger charge is 2.22. The Hall–Kier alpha value is -1.36. The van der Waals surface area contributed by atoms with Crippen molar-refractivity contribution in [3.8, 4) is 0 Å². The minimum Gasteiger partial charge on any atom is -0.388 e. The molecule has 1 unspecified atom stereocenters. The van der Waals surface area contributed by atoms with Crippen LogP contribution in [0.15, 0.2) is 0 Å². The zero-order valence-electron chi connectivity index (χ0n) is 11.9. The quantitative estimate of drug-likeness (QED) is 0.745. The molecule has 1 aromatic heterocycles. The van der Waals surface area contributed by atoms with Crippen molar-refractivity contribution in [2.24, 2.45) is 5.92 Å². The number of nitrogens with two attached hydrogens (primary N) is 1. The van der Waals surface area contributed by atoms with Crippen molar-refractivity contribution in [1.29, 1.82) is 0 Å². The maximum Gasteiger partial charge on any atom is 0.134 e. The van der Waals surface area contributed by atoms with E-state index in [1.165, 1.54) is 0 Å². The molecule has 1 aromatic rings. The van der Waals surface area contributed by atoms with Gasteiger partial charge in [-0.15, -0.1) is 0 Å². The summed E-state index contributed by atoms with van der Waals surface area (Å²) >= 11 is 0. The second-order valence-corrected chi connectivity index (χ2v) is 5.58. The molecule has 0 fully saturated rings. The van der Waals surface area contributed by atoms with Gasteiger partial charge < -0.3 is 16.2 Å². The second kappa shape index (κ2) is 5.52. The van der Waals surface area contributed by atoms with E-state index in [9.17, 15) is 5.11 Å². The molecular formula is C13H24N4O. The van der Waals surface area contributed by atoms with Gasteiger partial charge in [-0.1, -0.05) is 13.8 Å². The molecule has 5 nitrogen and oxygen atoms in total. The lowest BCUT2D eigenvalue weighted by molar-refractivity contribution is 0.0514. The third-order valence-corrected chi connectivity index (χ3v) is 2.78. The van der Waals surface area contributed by atoms with Crippen LogP contribution in [0.1, 0.15) is 38.6 Å². The average Bonchev–Trinajstić information content (AvgIpc) is 2.19. The van der Waals surface area contributed by atoms with Gasteiger partial charge in [-0.3, -0.25) is 0 Å². The van der Waals surface area contributed by atoms with Crippen LogP contribution in [0.4, 0.5) is 11.6 Å². The minimum absolute atomic E-state index is 0.445. The number of hydrogen-bond acceptors (Lipinski definition) is 5. The fraction of sp³-hybridized carbons (Fsp3) is 0.692. The third-order valence-electron chi connectivity index (χ3n) is 2.78. The predicted molar refractivity (Wildman–Crippen MR) is 74.5 cm³/mol. The van der Waals surface area contributed by atoms with Gasteiger partial charge in [0.05, 0.1) is 5.60 Å². The van der Waals surface area contributed by atoms with Gasteiger partial charge in [0.2, 0.25) is 0 Å². The summed E-state index contributed by atoms with van der Waals surface area (Å²) in [6.45, 7) is 10.1. The first-order valence-electron chi connectivity index (χ1n) is 6.28. The van der Waals surface area contributed by atoms with Crippen LogP contribution in [0.25, 0.3) is 0 Å². The molecule has 0 saturated heterocycles. The van der Waals surface area contributed by atoms with E-state index in [1.807, 2.05) is 13.8 Å². The van der Waals surface area contributed by atoms with Crippen molar-refractivity contribution in [1.82, 2.24) is 9.97 Å². The molecule has 1 rings (SSSR count). The summed E-state index contributed by atoms with van der Waals surface area (Å²) in [5.74, 6) is 2.25. The van der Waals surface area contributed by atoms with Gasteiger partial charge in [0.15, 0.2) is 0 Å². The van der Waals surface area contributed by atoms with E-state index in [0.29, 0.717) is 29.9 Å². The zero-order valence-corrected chi connectivity index (χ0v) is 11.9. The molecule has 0 aliphatic rings. The topological polar surface area (TPSA) is 84.1 Å². The summed E-state index contributed by atoms with van der Waals surface area (Å²) in [6.07, 6.45) is 0.735. The molecule has 4 N–H and O–H groups in total. The highest BCUT2D eigenvalue weighted by atomic mass is 16.3. The molecule has 5 heteroatoms. The molecule has 0 saturated carbocycles. The van der Waals surface area contributed by atoms with Crippen molar-refractivity contribution in [2.45, 2.75) is 46.6 Å². The Morgan fingerprint density at radius 3 is 2.50 bits per heavy atom. The van der Waals surface area contributed by atoms with Gasteiger partial charge in [-0.25, -0.2) is 9.97 Å². The smallest absolute Gasteiger partial charge is 0.134 e. The van der Waals surface area contributed by atoms with E-state index in [2.05, 4.69) is 29.1 Å². The lowest BCUT2D eigenvalue weighted by atomic mass is 9.94. The Bertz CT molecular complexity index is 416. The van der Waals surface area contributed by atoms with E-state index >= 15 is 0 Å². The van der Waals surface area contributed by atoms with Gasteiger partial charge in [-0.2, -0.15) is 0 Å². The maximum absolute atomic E-state index is 10.2. The van der Waals surface area contributed by atoms with Crippen LogP contribution in [-0.4, -0.2) is 27.2 Å². The molecule has 102 valence electrons. The largest absolute Gasteiger partial charge is 0.388 e. The van der Waals surface area contributed by atoms with E-state index in [4.69, 9.17) is 5.73 Å². The Balaban J connectivity index is 2.74. The van der Waals surface area contributed by atoms with Crippen LogP contribution >= 0.6 is 0 Å².